The Labute approximate surface area is 199 Å². The number of aromatic nitrogens is 2. The first kappa shape index (κ1) is 23.6. The van der Waals surface area contributed by atoms with Gasteiger partial charge in [0, 0.05) is 31.4 Å². The largest absolute Gasteiger partial charge is 0.368 e. The summed E-state index contributed by atoms with van der Waals surface area (Å²) in [7, 11) is 0. The SMILES string of the molecule is Cc1onc(-c2ccccc2)c1C(=O)N1CC(=O)N(CC(C)C)C[C@@H](OCc2ccccn2)C1. The summed E-state index contributed by atoms with van der Waals surface area (Å²) >= 11 is 0. The van der Waals surface area contributed by atoms with Gasteiger partial charge in [-0.15, -0.1) is 0 Å². The predicted molar refractivity (Wildman–Crippen MR) is 127 cm³/mol. The summed E-state index contributed by atoms with van der Waals surface area (Å²) in [6.07, 6.45) is 1.37. The van der Waals surface area contributed by atoms with Crippen molar-refractivity contribution in [1.82, 2.24) is 19.9 Å². The minimum Gasteiger partial charge on any atom is -0.368 e. The highest BCUT2D eigenvalue weighted by molar-refractivity contribution is 6.02. The van der Waals surface area contributed by atoms with Crippen LogP contribution in [0.2, 0.25) is 0 Å². The van der Waals surface area contributed by atoms with Gasteiger partial charge in [-0.05, 0) is 25.0 Å². The molecule has 3 heterocycles. The third kappa shape index (κ3) is 5.51. The number of hydrogen-bond acceptors (Lipinski definition) is 6. The monoisotopic (exact) mass is 462 g/mol. The van der Waals surface area contributed by atoms with Crippen LogP contribution in [0.25, 0.3) is 11.3 Å². The van der Waals surface area contributed by atoms with Crippen LogP contribution >= 0.6 is 0 Å². The van der Waals surface area contributed by atoms with E-state index in [0.29, 0.717) is 42.6 Å². The lowest BCUT2D eigenvalue weighted by Gasteiger charge is -2.25. The van der Waals surface area contributed by atoms with Crippen molar-refractivity contribution in [3.8, 4) is 11.3 Å². The van der Waals surface area contributed by atoms with Crippen LogP contribution in [0.4, 0.5) is 0 Å². The first-order chi connectivity index (χ1) is 16.4. The van der Waals surface area contributed by atoms with Crippen LogP contribution in [0.15, 0.2) is 59.3 Å². The highest BCUT2D eigenvalue weighted by atomic mass is 16.5. The molecule has 1 aliphatic heterocycles. The second-order valence-electron chi connectivity index (χ2n) is 8.96. The first-order valence-electron chi connectivity index (χ1n) is 11.5. The Kier molecular flexibility index (Phi) is 7.37. The van der Waals surface area contributed by atoms with Crippen LogP contribution in [0.3, 0.4) is 0 Å². The van der Waals surface area contributed by atoms with Gasteiger partial charge in [0.25, 0.3) is 5.91 Å². The fraction of sp³-hybridized carbons (Fsp3) is 0.385. The molecule has 0 bridgehead atoms. The molecule has 0 aliphatic carbocycles. The van der Waals surface area contributed by atoms with E-state index in [1.54, 1.807) is 22.9 Å². The molecule has 8 heteroatoms. The van der Waals surface area contributed by atoms with Crippen molar-refractivity contribution in [2.75, 3.05) is 26.2 Å². The Balaban J connectivity index is 1.59. The Morgan fingerprint density at radius 1 is 1.15 bits per heavy atom. The number of nitrogens with zero attached hydrogens (tertiary/aromatic N) is 4. The molecule has 0 spiro atoms. The molecule has 8 nitrogen and oxygen atoms in total. The zero-order chi connectivity index (χ0) is 24.1. The third-order valence-corrected chi connectivity index (χ3v) is 5.72. The summed E-state index contributed by atoms with van der Waals surface area (Å²) in [5.74, 6) is 0.336. The zero-order valence-electron chi connectivity index (χ0n) is 19.8. The number of hydrogen-bond donors (Lipinski definition) is 0. The van der Waals surface area contributed by atoms with Crippen molar-refractivity contribution in [3.63, 3.8) is 0 Å². The van der Waals surface area contributed by atoms with E-state index in [1.807, 2.05) is 48.5 Å². The molecule has 2 aromatic heterocycles. The predicted octanol–water partition coefficient (Wildman–Crippen LogP) is 3.57. The average Bonchev–Trinajstić information content (AvgIpc) is 3.15. The number of carbonyl (C=O) groups is 2. The van der Waals surface area contributed by atoms with Crippen LogP contribution < -0.4 is 0 Å². The molecule has 1 atom stereocenters. The van der Waals surface area contributed by atoms with Crippen LogP contribution in [0, 0.1) is 12.8 Å². The highest BCUT2D eigenvalue weighted by Crippen LogP contribution is 2.27. The molecule has 0 saturated carbocycles. The third-order valence-electron chi connectivity index (χ3n) is 5.72. The van der Waals surface area contributed by atoms with Crippen molar-refractivity contribution in [3.05, 3.63) is 71.7 Å². The molecule has 1 saturated heterocycles. The van der Waals surface area contributed by atoms with Gasteiger partial charge in [-0.2, -0.15) is 0 Å². The van der Waals surface area contributed by atoms with E-state index in [-0.39, 0.29) is 31.0 Å². The number of ether oxygens (including phenoxy) is 1. The van der Waals surface area contributed by atoms with E-state index in [0.717, 1.165) is 11.3 Å². The highest BCUT2D eigenvalue weighted by Gasteiger charge is 2.34. The summed E-state index contributed by atoms with van der Waals surface area (Å²) < 4.78 is 11.6. The molecule has 178 valence electrons. The lowest BCUT2D eigenvalue weighted by Crippen LogP contribution is -2.40. The number of amides is 2. The molecule has 0 unspecified atom stereocenters. The maximum absolute atomic E-state index is 13.7. The van der Waals surface area contributed by atoms with Gasteiger partial charge in [-0.25, -0.2) is 0 Å². The van der Waals surface area contributed by atoms with Gasteiger partial charge >= 0.3 is 0 Å². The number of carbonyl (C=O) groups excluding carboxylic acids is 2. The summed E-state index contributed by atoms with van der Waals surface area (Å²) in [6.45, 7) is 7.44. The number of aryl methyl sites for hydroxylation is 1. The topological polar surface area (TPSA) is 88.8 Å². The maximum Gasteiger partial charge on any atom is 0.260 e. The quantitative estimate of drug-likeness (QED) is 0.533. The van der Waals surface area contributed by atoms with E-state index in [1.165, 1.54) is 0 Å². The molecule has 1 fully saturated rings. The molecular weight excluding hydrogens is 432 g/mol. The van der Waals surface area contributed by atoms with E-state index < -0.39 is 0 Å². The van der Waals surface area contributed by atoms with Crippen molar-refractivity contribution in [2.24, 2.45) is 5.92 Å². The molecule has 1 aliphatic rings. The molecule has 3 aromatic rings. The molecular formula is C26H30N4O4. The minimum atomic E-state index is -0.350. The van der Waals surface area contributed by atoms with E-state index in [4.69, 9.17) is 9.26 Å². The molecule has 0 N–H and O–H groups in total. The van der Waals surface area contributed by atoms with Gasteiger partial charge in [0.2, 0.25) is 5.91 Å². The minimum absolute atomic E-state index is 0.0200. The fourth-order valence-corrected chi connectivity index (χ4v) is 4.12. The van der Waals surface area contributed by atoms with Gasteiger partial charge in [0.05, 0.1) is 18.4 Å². The lowest BCUT2D eigenvalue weighted by atomic mass is 10.1. The normalized spacial score (nSPS) is 16.7. The van der Waals surface area contributed by atoms with Crippen LogP contribution in [0.5, 0.6) is 0 Å². The van der Waals surface area contributed by atoms with Gasteiger partial charge in [-0.3, -0.25) is 14.6 Å². The summed E-state index contributed by atoms with van der Waals surface area (Å²) in [6, 6.07) is 15.1. The average molecular weight is 463 g/mol. The smallest absolute Gasteiger partial charge is 0.260 e. The molecule has 0 radical (unpaired) electrons. The van der Waals surface area contributed by atoms with Crippen molar-refractivity contribution >= 4 is 11.8 Å². The number of benzene rings is 1. The number of pyridine rings is 1. The summed E-state index contributed by atoms with van der Waals surface area (Å²) in [4.78, 5) is 34.5. The second-order valence-corrected chi connectivity index (χ2v) is 8.96. The zero-order valence-corrected chi connectivity index (χ0v) is 19.8. The molecule has 4 rings (SSSR count). The van der Waals surface area contributed by atoms with Crippen molar-refractivity contribution < 1.29 is 18.8 Å². The van der Waals surface area contributed by atoms with Crippen molar-refractivity contribution in [1.29, 1.82) is 0 Å². The fourth-order valence-electron chi connectivity index (χ4n) is 4.12. The van der Waals surface area contributed by atoms with Gasteiger partial charge in [0.15, 0.2) is 0 Å². The summed E-state index contributed by atoms with van der Waals surface area (Å²) in [5, 5.41) is 4.14. The lowest BCUT2D eigenvalue weighted by molar-refractivity contribution is -0.132. The Morgan fingerprint density at radius 3 is 2.62 bits per heavy atom. The van der Waals surface area contributed by atoms with E-state index in [2.05, 4.69) is 24.0 Å². The first-order valence-corrected chi connectivity index (χ1v) is 11.5. The standard InChI is InChI=1S/C26H30N4O4/c1-18(2)13-29-14-22(33-17-21-11-7-8-12-27-21)15-30(16-23(29)31)26(32)24-19(3)34-28-25(24)20-9-5-4-6-10-20/h4-12,18,22H,13-17H2,1-3H3/t22-/m1/s1. The van der Waals surface area contributed by atoms with E-state index in [9.17, 15) is 9.59 Å². The Morgan fingerprint density at radius 2 is 1.91 bits per heavy atom. The maximum atomic E-state index is 13.7. The van der Waals surface area contributed by atoms with Gasteiger partial charge in [-0.1, -0.05) is 55.4 Å². The Bertz CT molecular complexity index is 1110. The van der Waals surface area contributed by atoms with Crippen LogP contribution in [-0.4, -0.2) is 64.0 Å². The van der Waals surface area contributed by atoms with Crippen LogP contribution in [-0.2, 0) is 16.1 Å². The molecule has 34 heavy (non-hydrogen) atoms. The summed E-state index contributed by atoms with van der Waals surface area (Å²) in [5.41, 5.74) is 2.44. The van der Waals surface area contributed by atoms with Crippen LogP contribution in [0.1, 0.15) is 35.7 Å². The van der Waals surface area contributed by atoms with Crippen molar-refractivity contribution in [2.45, 2.75) is 33.5 Å². The second kappa shape index (κ2) is 10.6. The van der Waals surface area contributed by atoms with Gasteiger partial charge < -0.3 is 19.1 Å². The van der Waals surface area contributed by atoms with Gasteiger partial charge in [0.1, 0.15) is 23.6 Å². The molecule has 2 amide bonds. The van der Waals surface area contributed by atoms with E-state index >= 15 is 0 Å². The number of rotatable bonds is 7. The Hall–Kier alpha value is -3.52. The molecule has 1 aromatic carbocycles.